The van der Waals surface area contributed by atoms with Gasteiger partial charge in [-0.05, 0) is 41.5 Å². The molecule has 1 fully saturated rings. The summed E-state index contributed by atoms with van der Waals surface area (Å²) in [7, 11) is 0. The zero-order chi connectivity index (χ0) is 18.8. The van der Waals surface area contributed by atoms with Crippen LogP contribution in [0.5, 0.6) is 0 Å². The number of amides is 1. The van der Waals surface area contributed by atoms with Gasteiger partial charge in [0.1, 0.15) is 6.07 Å². The first-order chi connectivity index (χ1) is 13.2. The number of hydrogen-bond donors (Lipinski definition) is 0. The van der Waals surface area contributed by atoms with E-state index in [-0.39, 0.29) is 11.9 Å². The number of nitrogens with zero attached hydrogens (tertiary/aromatic N) is 3. The van der Waals surface area contributed by atoms with Crippen LogP contribution in [-0.4, -0.2) is 29.9 Å². The van der Waals surface area contributed by atoms with Gasteiger partial charge >= 0.3 is 0 Å². The van der Waals surface area contributed by atoms with E-state index < -0.39 is 0 Å². The lowest BCUT2D eigenvalue weighted by Gasteiger charge is -2.39. The molecule has 1 aliphatic rings. The zero-order valence-corrected chi connectivity index (χ0v) is 15.3. The average Bonchev–Trinajstić information content (AvgIpc) is 2.70. The fraction of sp³-hybridized carbons (Fsp3) is 0.217. The van der Waals surface area contributed by atoms with E-state index in [0.717, 1.165) is 6.54 Å². The minimum Gasteiger partial charge on any atom is -0.308 e. The molecule has 1 amide bonds. The fourth-order valence-electron chi connectivity index (χ4n) is 3.72. The number of piperazine rings is 1. The van der Waals surface area contributed by atoms with E-state index in [1.807, 2.05) is 30.3 Å². The zero-order valence-electron chi connectivity index (χ0n) is 15.3. The molecular weight excluding hydrogens is 334 g/mol. The molecule has 0 radical (unpaired) electrons. The van der Waals surface area contributed by atoms with E-state index in [0.29, 0.717) is 24.3 Å². The van der Waals surface area contributed by atoms with Gasteiger partial charge in [-0.15, -0.1) is 0 Å². The van der Waals surface area contributed by atoms with Crippen molar-refractivity contribution in [3.63, 3.8) is 0 Å². The molecule has 0 saturated carbocycles. The van der Waals surface area contributed by atoms with Crippen molar-refractivity contribution >= 4 is 22.4 Å². The molecule has 134 valence electrons. The Labute approximate surface area is 159 Å². The van der Waals surface area contributed by atoms with Crippen LogP contribution in [0.15, 0.2) is 66.7 Å². The monoisotopic (exact) mass is 355 g/mol. The third kappa shape index (κ3) is 3.42. The smallest absolute Gasteiger partial charge is 0.241 e. The molecule has 0 N–H and O–H groups in total. The van der Waals surface area contributed by atoms with Crippen molar-refractivity contribution in [2.24, 2.45) is 0 Å². The summed E-state index contributed by atoms with van der Waals surface area (Å²) in [6.45, 7) is 3.82. The topological polar surface area (TPSA) is 47.3 Å². The molecule has 3 aromatic carbocycles. The van der Waals surface area contributed by atoms with Crippen molar-refractivity contribution < 1.29 is 4.79 Å². The predicted octanol–water partition coefficient (Wildman–Crippen LogP) is 3.95. The molecule has 4 heteroatoms. The van der Waals surface area contributed by atoms with Gasteiger partial charge in [0.2, 0.25) is 5.91 Å². The Morgan fingerprint density at radius 1 is 1.04 bits per heavy atom. The molecule has 0 aliphatic carbocycles. The first kappa shape index (κ1) is 17.3. The Morgan fingerprint density at radius 2 is 1.78 bits per heavy atom. The Bertz CT molecular complexity index is 1040. The van der Waals surface area contributed by atoms with Gasteiger partial charge in [0.15, 0.2) is 0 Å². The number of carbonyl (C=O) groups excluding carboxylic acids is 1. The Kier molecular flexibility index (Phi) is 4.62. The van der Waals surface area contributed by atoms with Crippen LogP contribution < -0.4 is 4.90 Å². The van der Waals surface area contributed by atoms with Gasteiger partial charge in [-0.2, -0.15) is 5.26 Å². The number of rotatable bonds is 3. The lowest BCUT2D eigenvalue weighted by molar-refractivity contribution is -0.122. The molecule has 1 aliphatic heterocycles. The Balaban J connectivity index is 1.53. The van der Waals surface area contributed by atoms with E-state index in [1.54, 1.807) is 11.0 Å². The van der Waals surface area contributed by atoms with Gasteiger partial charge in [-0.3, -0.25) is 9.69 Å². The first-order valence-corrected chi connectivity index (χ1v) is 9.17. The summed E-state index contributed by atoms with van der Waals surface area (Å²) in [5.41, 5.74) is 2.46. The largest absolute Gasteiger partial charge is 0.308 e. The Morgan fingerprint density at radius 3 is 2.59 bits per heavy atom. The van der Waals surface area contributed by atoms with Crippen molar-refractivity contribution in [1.29, 1.82) is 5.26 Å². The second-order valence-corrected chi connectivity index (χ2v) is 7.07. The number of carbonyl (C=O) groups is 1. The van der Waals surface area contributed by atoms with Crippen LogP contribution in [0.2, 0.25) is 0 Å². The summed E-state index contributed by atoms with van der Waals surface area (Å²) >= 11 is 0. The van der Waals surface area contributed by atoms with Crippen molar-refractivity contribution in [2.75, 3.05) is 18.0 Å². The third-order valence-electron chi connectivity index (χ3n) is 5.22. The molecule has 0 aromatic heterocycles. The van der Waals surface area contributed by atoms with Crippen molar-refractivity contribution in [3.05, 3.63) is 77.9 Å². The van der Waals surface area contributed by atoms with Crippen LogP contribution >= 0.6 is 0 Å². The average molecular weight is 355 g/mol. The number of fused-ring (bicyclic) bond motifs is 1. The number of hydrogen-bond acceptors (Lipinski definition) is 3. The number of benzene rings is 3. The third-order valence-corrected chi connectivity index (χ3v) is 5.22. The van der Waals surface area contributed by atoms with Gasteiger partial charge in [0.25, 0.3) is 0 Å². The summed E-state index contributed by atoms with van der Waals surface area (Å²) in [4.78, 5) is 16.8. The summed E-state index contributed by atoms with van der Waals surface area (Å²) in [6, 6.07) is 24.5. The fourth-order valence-corrected chi connectivity index (χ4v) is 3.72. The summed E-state index contributed by atoms with van der Waals surface area (Å²) in [5.74, 6) is 0.0385. The maximum Gasteiger partial charge on any atom is 0.241 e. The van der Waals surface area contributed by atoms with Gasteiger partial charge in [0, 0.05) is 19.1 Å². The molecular formula is C23H21N3O. The highest BCUT2D eigenvalue weighted by Crippen LogP contribution is 2.25. The minimum atomic E-state index is 0.0385. The summed E-state index contributed by atoms with van der Waals surface area (Å²) in [5, 5.41) is 11.8. The van der Waals surface area contributed by atoms with Crippen LogP contribution in [0.4, 0.5) is 5.69 Å². The number of para-hydroxylation sites is 1. The normalized spacial score (nSPS) is 17.9. The molecule has 4 nitrogen and oxygen atoms in total. The molecule has 1 saturated heterocycles. The van der Waals surface area contributed by atoms with E-state index >= 15 is 0 Å². The van der Waals surface area contributed by atoms with E-state index in [4.69, 9.17) is 0 Å². The standard InChI is InChI=1S/C23H21N3O/c1-17-14-26(22-9-5-4-8-21(22)13-24)23(27)16-25(17)15-18-10-11-19-6-2-3-7-20(19)12-18/h2-12,17H,14-16H2,1H3. The lowest BCUT2D eigenvalue weighted by atomic mass is 10.0. The molecule has 0 spiro atoms. The predicted molar refractivity (Wildman–Crippen MR) is 107 cm³/mol. The van der Waals surface area contributed by atoms with E-state index in [1.165, 1.54) is 16.3 Å². The van der Waals surface area contributed by atoms with Crippen LogP contribution in [0.1, 0.15) is 18.1 Å². The van der Waals surface area contributed by atoms with E-state index in [9.17, 15) is 10.1 Å². The Hall–Kier alpha value is -3.16. The van der Waals surface area contributed by atoms with E-state index in [2.05, 4.69) is 48.2 Å². The number of nitriles is 1. The highest BCUT2D eigenvalue weighted by atomic mass is 16.2. The lowest BCUT2D eigenvalue weighted by Crippen LogP contribution is -2.55. The van der Waals surface area contributed by atoms with Gasteiger partial charge in [-0.25, -0.2) is 0 Å². The molecule has 1 heterocycles. The van der Waals surface area contributed by atoms with Gasteiger partial charge in [0.05, 0.1) is 17.8 Å². The highest BCUT2D eigenvalue weighted by molar-refractivity contribution is 5.97. The minimum absolute atomic E-state index is 0.0385. The molecule has 1 atom stereocenters. The van der Waals surface area contributed by atoms with Gasteiger partial charge < -0.3 is 4.90 Å². The van der Waals surface area contributed by atoms with Crippen molar-refractivity contribution in [3.8, 4) is 6.07 Å². The summed E-state index contributed by atoms with van der Waals surface area (Å²) in [6.07, 6.45) is 0. The second kappa shape index (κ2) is 7.22. The van der Waals surface area contributed by atoms with Crippen molar-refractivity contribution in [1.82, 2.24) is 4.90 Å². The first-order valence-electron chi connectivity index (χ1n) is 9.17. The van der Waals surface area contributed by atoms with Crippen molar-refractivity contribution in [2.45, 2.75) is 19.5 Å². The SMILES string of the molecule is CC1CN(c2ccccc2C#N)C(=O)CN1Cc1ccc2ccccc2c1. The molecule has 4 rings (SSSR count). The van der Waals surface area contributed by atoms with Crippen LogP contribution in [0, 0.1) is 11.3 Å². The molecule has 27 heavy (non-hydrogen) atoms. The second-order valence-electron chi connectivity index (χ2n) is 7.07. The van der Waals surface area contributed by atoms with Crippen LogP contribution in [0.25, 0.3) is 10.8 Å². The maximum absolute atomic E-state index is 12.8. The molecule has 1 unspecified atom stereocenters. The number of anilines is 1. The van der Waals surface area contributed by atoms with Crippen LogP contribution in [-0.2, 0) is 11.3 Å². The van der Waals surface area contributed by atoms with Crippen LogP contribution in [0.3, 0.4) is 0 Å². The quantitative estimate of drug-likeness (QED) is 0.715. The highest BCUT2D eigenvalue weighted by Gasteiger charge is 2.31. The van der Waals surface area contributed by atoms with Gasteiger partial charge in [-0.1, -0.05) is 48.5 Å². The summed E-state index contributed by atoms with van der Waals surface area (Å²) < 4.78 is 0. The molecule has 0 bridgehead atoms. The maximum atomic E-state index is 12.8. The molecule has 3 aromatic rings.